The first-order valence-corrected chi connectivity index (χ1v) is 10.9. The molecule has 0 bridgehead atoms. The predicted octanol–water partition coefficient (Wildman–Crippen LogP) is 4.25. The number of fused-ring (bicyclic) bond motifs is 2. The van der Waals surface area contributed by atoms with Gasteiger partial charge in [0, 0.05) is 6.54 Å². The van der Waals surface area contributed by atoms with Gasteiger partial charge in [-0.1, -0.05) is 23.7 Å². The number of anilines is 2. The normalized spacial score (nSPS) is 19.7. The van der Waals surface area contributed by atoms with E-state index >= 15 is 4.39 Å². The molecular weight excluding hydrogens is 449 g/mol. The minimum atomic E-state index is -1.35. The number of hydrogen-bond donors (Lipinski definition) is 2. The number of carbonyl (C=O) groups excluding carboxylic acids is 2. The number of benzene rings is 2. The highest BCUT2D eigenvalue weighted by Gasteiger charge is 2.48. The summed E-state index contributed by atoms with van der Waals surface area (Å²) in [6, 6.07) is 10.5. The molecule has 170 valence electrons. The van der Waals surface area contributed by atoms with Gasteiger partial charge < -0.3 is 15.4 Å². The zero-order chi connectivity index (χ0) is 23.3. The van der Waals surface area contributed by atoms with Crippen LogP contribution in [0.5, 0.6) is 0 Å². The number of ether oxygens (including phenoxy) is 1. The number of carbonyl (C=O) groups is 2. The molecule has 1 fully saturated rings. The van der Waals surface area contributed by atoms with Gasteiger partial charge in [-0.3, -0.25) is 10.1 Å². The Kier molecular flexibility index (Phi) is 5.01. The first-order valence-electron chi connectivity index (χ1n) is 10.5. The fourth-order valence-corrected chi connectivity index (χ4v) is 4.76. The zero-order valence-electron chi connectivity index (χ0n) is 17.8. The molecule has 8 nitrogen and oxygen atoms in total. The van der Waals surface area contributed by atoms with Crippen LogP contribution in [0.3, 0.4) is 0 Å². The van der Waals surface area contributed by atoms with E-state index in [1.54, 1.807) is 0 Å². The summed E-state index contributed by atoms with van der Waals surface area (Å²) < 4.78 is 22.2. The van der Waals surface area contributed by atoms with Gasteiger partial charge in [0.2, 0.25) is 0 Å². The van der Waals surface area contributed by atoms with Crippen LogP contribution in [0.15, 0.2) is 42.6 Å². The number of halogens is 2. The Balaban J connectivity index is 1.49. The van der Waals surface area contributed by atoms with E-state index < -0.39 is 17.5 Å². The Morgan fingerprint density at radius 2 is 2.15 bits per heavy atom. The highest BCUT2D eigenvalue weighted by atomic mass is 35.5. The molecule has 0 saturated carbocycles. The van der Waals surface area contributed by atoms with Crippen molar-refractivity contribution in [3.63, 3.8) is 0 Å². The lowest BCUT2D eigenvalue weighted by molar-refractivity contribution is -0.0418. The van der Waals surface area contributed by atoms with Gasteiger partial charge in [0.1, 0.15) is 11.4 Å². The number of nitrogens with one attached hydrogen (secondary N) is 1. The van der Waals surface area contributed by atoms with Crippen molar-refractivity contribution in [1.82, 2.24) is 14.7 Å². The van der Waals surface area contributed by atoms with E-state index in [1.165, 1.54) is 27.9 Å². The lowest BCUT2D eigenvalue weighted by Gasteiger charge is -2.45. The van der Waals surface area contributed by atoms with Gasteiger partial charge in [-0.25, -0.2) is 13.9 Å². The minimum Gasteiger partial charge on any atom is -0.436 e. The highest BCUT2D eigenvalue weighted by molar-refractivity contribution is 6.31. The maximum atomic E-state index is 15.1. The van der Waals surface area contributed by atoms with Crippen LogP contribution in [0.4, 0.5) is 20.7 Å². The maximum absolute atomic E-state index is 15.1. The van der Waals surface area contributed by atoms with Gasteiger partial charge in [0.25, 0.3) is 5.91 Å². The Morgan fingerprint density at radius 3 is 2.94 bits per heavy atom. The number of likely N-dealkylation sites (tertiary alicyclic amines) is 1. The van der Waals surface area contributed by atoms with Crippen molar-refractivity contribution in [3.8, 4) is 5.69 Å². The van der Waals surface area contributed by atoms with Gasteiger partial charge in [0.15, 0.2) is 11.4 Å². The van der Waals surface area contributed by atoms with Crippen molar-refractivity contribution in [1.29, 1.82) is 0 Å². The maximum Gasteiger partial charge on any atom is 0.412 e. The molecule has 1 atom stereocenters. The van der Waals surface area contributed by atoms with Crippen LogP contribution >= 0.6 is 11.6 Å². The largest absolute Gasteiger partial charge is 0.436 e. The van der Waals surface area contributed by atoms with Crippen molar-refractivity contribution in [2.45, 2.75) is 25.4 Å². The molecule has 0 unspecified atom stereocenters. The molecular formula is C23H21ClFN5O3. The summed E-state index contributed by atoms with van der Waals surface area (Å²) >= 11 is 6.02. The molecule has 5 rings (SSSR count). The van der Waals surface area contributed by atoms with Crippen LogP contribution in [-0.4, -0.2) is 39.8 Å². The molecule has 2 aliphatic rings. The van der Waals surface area contributed by atoms with Crippen LogP contribution in [0.2, 0.25) is 5.02 Å². The lowest BCUT2D eigenvalue weighted by atomic mass is 9.83. The Morgan fingerprint density at radius 1 is 1.33 bits per heavy atom. The van der Waals surface area contributed by atoms with E-state index in [0.717, 1.165) is 11.3 Å². The monoisotopic (exact) mass is 469 g/mol. The molecule has 2 aromatic carbocycles. The number of rotatable bonds is 2. The molecule has 1 saturated heterocycles. The lowest BCUT2D eigenvalue weighted by Crippen LogP contribution is -2.53. The SMILES string of the molecule is Cc1cccc(-n2ncc(C(=O)N3CCC[C@@]4(C3)OC(=O)Nc3ccc(Cl)c(F)c34)c2N)c1. The Hall–Kier alpha value is -3.59. The van der Waals surface area contributed by atoms with E-state index in [0.29, 0.717) is 19.4 Å². The van der Waals surface area contributed by atoms with E-state index in [2.05, 4.69) is 10.4 Å². The molecule has 3 heterocycles. The molecule has 1 aromatic heterocycles. The number of nitrogen functional groups attached to an aromatic ring is 1. The second-order valence-corrected chi connectivity index (χ2v) is 8.72. The number of amides is 2. The van der Waals surface area contributed by atoms with Gasteiger partial charge in [-0.2, -0.15) is 5.10 Å². The van der Waals surface area contributed by atoms with Crippen LogP contribution in [0, 0.1) is 12.7 Å². The average Bonchev–Trinajstić information content (AvgIpc) is 3.17. The Labute approximate surface area is 194 Å². The smallest absolute Gasteiger partial charge is 0.412 e. The number of nitrogens with zero attached hydrogens (tertiary/aromatic N) is 3. The van der Waals surface area contributed by atoms with Crippen LogP contribution in [0.25, 0.3) is 5.69 Å². The molecule has 2 amide bonds. The van der Waals surface area contributed by atoms with E-state index in [-0.39, 0.29) is 40.1 Å². The Bertz CT molecular complexity index is 1290. The molecule has 2 aliphatic heterocycles. The molecule has 0 aliphatic carbocycles. The summed E-state index contributed by atoms with van der Waals surface area (Å²) in [7, 11) is 0. The first kappa shape index (κ1) is 21.3. The van der Waals surface area contributed by atoms with Gasteiger partial charge >= 0.3 is 6.09 Å². The van der Waals surface area contributed by atoms with Crippen molar-refractivity contribution in [2.75, 3.05) is 24.1 Å². The molecule has 33 heavy (non-hydrogen) atoms. The second-order valence-electron chi connectivity index (χ2n) is 8.32. The van der Waals surface area contributed by atoms with Crippen molar-refractivity contribution in [3.05, 3.63) is 70.1 Å². The van der Waals surface area contributed by atoms with Crippen molar-refractivity contribution >= 4 is 35.1 Å². The summed E-state index contributed by atoms with van der Waals surface area (Å²) in [6.07, 6.45) is 1.56. The van der Waals surface area contributed by atoms with Crippen LogP contribution < -0.4 is 11.1 Å². The van der Waals surface area contributed by atoms with Crippen LogP contribution in [-0.2, 0) is 10.3 Å². The average molecular weight is 470 g/mol. The standard InChI is InChI=1S/C23H21ClFN5O3/c1-13-4-2-5-14(10-13)30-20(26)15(11-27-30)21(31)29-9-3-8-23(12-29)18-17(28-22(32)33-23)7-6-16(24)19(18)25/h2,4-7,10-11H,3,8-9,12,26H2,1H3,(H,28,32)/t23-/m0/s1. The summed E-state index contributed by atoms with van der Waals surface area (Å²) in [5, 5.41) is 6.72. The summed E-state index contributed by atoms with van der Waals surface area (Å²) in [5.74, 6) is -0.846. The van der Waals surface area contributed by atoms with E-state index in [4.69, 9.17) is 22.1 Å². The third-order valence-electron chi connectivity index (χ3n) is 6.10. The molecule has 10 heteroatoms. The topological polar surface area (TPSA) is 102 Å². The number of aromatic nitrogens is 2. The van der Waals surface area contributed by atoms with Gasteiger partial charge in [-0.05, 0) is 49.6 Å². The summed E-state index contributed by atoms with van der Waals surface area (Å²) in [5.41, 5.74) is 7.36. The number of hydrogen-bond acceptors (Lipinski definition) is 5. The van der Waals surface area contributed by atoms with E-state index in [9.17, 15) is 9.59 Å². The molecule has 3 aromatic rings. The second kappa shape index (κ2) is 7.77. The zero-order valence-corrected chi connectivity index (χ0v) is 18.5. The number of piperidine rings is 1. The molecule has 3 N–H and O–H groups in total. The van der Waals surface area contributed by atoms with Gasteiger partial charge in [-0.15, -0.1) is 0 Å². The van der Waals surface area contributed by atoms with Gasteiger partial charge in [0.05, 0.1) is 34.7 Å². The highest BCUT2D eigenvalue weighted by Crippen LogP contribution is 2.45. The molecule has 1 spiro atoms. The minimum absolute atomic E-state index is 0.0292. The van der Waals surface area contributed by atoms with Crippen LogP contribution in [0.1, 0.15) is 34.3 Å². The van der Waals surface area contributed by atoms with E-state index in [1.807, 2.05) is 31.2 Å². The third kappa shape index (κ3) is 3.48. The quantitative estimate of drug-likeness (QED) is 0.584. The predicted molar refractivity (Wildman–Crippen MR) is 121 cm³/mol. The summed E-state index contributed by atoms with van der Waals surface area (Å²) in [4.78, 5) is 27.2. The van der Waals surface area contributed by atoms with Crippen molar-refractivity contribution in [2.24, 2.45) is 0 Å². The third-order valence-corrected chi connectivity index (χ3v) is 6.39. The fourth-order valence-electron chi connectivity index (χ4n) is 4.61. The fraction of sp³-hybridized carbons (Fsp3) is 0.261. The van der Waals surface area contributed by atoms with Crippen molar-refractivity contribution < 1.29 is 18.7 Å². The first-order chi connectivity index (χ1) is 15.8. The number of nitrogens with two attached hydrogens (primary N) is 1. The summed E-state index contributed by atoms with van der Waals surface area (Å²) in [6.45, 7) is 2.32. The number of aryl methyl sites for hydroxylation is 1. The molecule has 0 radical (unpaired) electrons.